The highest BCUT2D eigenvalue weighted by atomic mass is 32.2. The Morgan fingerprint density at radius 1 is 1.38 bits per heavy atom. The van der Waals surface area contributed by atoms with E-state index in [4.69, 9.17) is 0 Å². The van der Waals surface area contributed by atoms with Crippen molar-refractivity contribution in [3.8, 4) is 10.4 Å². The van der Waals surface area contributed by atoms with Crippen molar-refractivity contribution in [1.29, 1.82) is 0 Å². The number of thioether (sulfide) groups is 1. The largest absolute Gasteiger partial charge is 0.288 e. The molecule has 108 valence electrons. The fourth-order valence-corrected chi connectivity index (χ4v) is 4.17. The number of anilines is 1. The number of thiazole rings is 1. The van der Waals surface area contributed by atoms with Gasteiger partial charge in [-0.25, -0.2) is 4.98 Å². The number of rotatable bonds is 3. The average molecular weight is 318 g/mol. The van der Waals surface area contributed by atoms with Gasteiger partial charge in [0.2, 0.25) is 5.91 Å². The van der Waals surface area contributed by atoms with Gasteiger partial charge in [0, 0.05) is 31.3 Å². The normalized spacial score (nSPS) is 18.2. The molecule has 2 heterocycles. The Labute approximate surface area is 131 Å². The quantitative estimate of drug-likeness (QED) is 0.872. The van der Waals surface area contributed by atoms with Gasteiger partial charge in [-0.3, -0.25) is 14.5 Å². The van der Waals surface area contributed by atoms with Crippen LogP contribution in [0.15, 0.2) is 36.5 Å². The molecular weight excluding hydrogens is 304 g/mol. The van der Waals surface area contributed by atoms with Crippen LogP contribution in [0, 0.1) is 0 Å². The maximum absolute atomic E-state index is 12.1. The summed E-state index contributed by atoms with van der Waals surface area (Å²) in [5.41, 5.74) is 1.10. The zero-order chi connectivity index (χ0) is 14.8. The first-order valence-corrected chi connectivity index (χ1v) is 8.32. The third-order valence-electron chi connectivity index (χ3n) is 3.20. The second-order valence-corrected chi connectivity index (χ2v) is 7.30. The van der Waals surface area contributed by atoms with Crippen molar-refractivity contribution in [3.63, 3.8) is 0 Å². The van der Waals surface area contributed by atoms with Crippen molar-refractivity contribution in [3.05, 3.63) is 36.5 Å². The Bertz CT molecular complexity index is 669. The predicted molar refractivity (Wildman–Crippen MR) is 86.6 cm³/mol. The number of hydrogen-bond acceptors (Lipinski definition) is 5. The highest BCUT2D eigenvalue weighted by Crippen LogP contribution is 2.35. The minimum Gasteiger partial charge on any atom is -0.288 e. The van der Waals surface area contributed by atoms with Gasteiger partial charge in [-0.05, 0) is 5.56 Å². The Morgan fingerprint density at radius 2 is 2.14 bits per heavy atom. The van der Waals surface area contributed by atoms with Gasteiger partial charge in [0.15, 0.2) is 10.2 Å². The van der Waals surface area contributed by atoms with E-state index >= 15 is 0 Å². The van der Waals surface area contributed by atoms with Crippen LogP contribution >= 0.6 is 23.1 Å². The molecule has 3 rings (SSSR count). The minimum atomic E-state index is 0.0408. The summed E-state index contributed by atoms with van der Waals surface area (Å²) in [4.78, 5) is 30.3. The standard InChI is InChI=1S/C15H14N2O2S2/c1-10(18)20-12-7-14(19)17(9-12)15-16-8-13(21-15)11-5-3-2-4-6-11/h2-6,8,12H,7,9H2,1H3. The summed E-state index contributed by atoms with van der Waals surface area (Å²) in [6, 6.07) is 9.98. The summed E-state index contributed by atoms with van der Waals surface area (Å²) in [5.74, 6) is 0.0442. The Kier molecular flexibility index (Phi) is 4.07. The van der Waals surface area contributed by atoms with E-state index in [0.29, 0.717) is 18.1 Å². The van der Waals surface area contributed by atoms with E-state index in [0.717, 1.165) is 10.4 Å². The van der Waals surface area contributed by atoms with E-state index < -0.39 is 0 Å². The van der Waals surface area contributed by atoms with Crippen LogP contribution in [0.5, 0.6) is 0 Å². The van der Waals surface area contributed by atoms with E-state index in [9.17, 15) is 9.59 Å². The van der Waals surface area contributed by atoms with Crippen LogP contribution in [-0.2, 0) is 9.59 Å². The van der Waals surface area contributed by atoms with Gasteiger partial charge in [-0.15, -0.1) is 0 Å². The molecule has 0 radical (unpaired) electrons. The molecule has 1 unspecified atom stereocenters. The Balaban J connectivity index is 1.78. The summed E-state index contributed by atoms with van der Waals surface area (Å²) in [6.45, 7) is 2.10. The van der Waals surface area contributed by atoms with Crippen molar-refractivity contribution >= 4 is 39.3 Å². The highest BCUT2D eigenvalue weighted by molar-refractivity contribution is 8.14. The monoisotopic (exact) mass is 318 g/mol. The molecule has 4 nitrogen and oxygen atoms in total. The van der Waals surface area contributed by atoms with Gasteiger partial charge in [0.05, 0.1) is 4.88 Å². The third kappa shape index (κ3) is 3.16. The van der Waals surface area contributed by atoms with E-state index in [1.165, 1.54) is 30.0 Å². The first-order valence-electron chi connectivity index (χ1n) is 6.62. The molecule has 0 N–H and O–H groups in total. The topological polar surface area (TPSA) is 50.3 Å². The maximum atomic E-state index is 12.1. The number of amides is 1. The smallest absolute Gasteiger partial charge is 0.230 e. The van der Waals surface area contributed by atoms with E-state index in [-0.39, 0.29) is 16.3 Å². The van der Waals surface area contributed by atoms with Crippen molar-refractivity contribution in [2.24, 2.45) is 0 Å². The van der Waals surface area contributed by atoms with Crippen LogP contribution in [-0.4, -0.2) is 27.8 Å². The van der Waals surface area contributed by atoms with Crippen molar-refractivity contribution in [2.45, 2.75) is 18.6 Å². The lowest BCUT2D eigenvalue weighted by atomic mass is 10.2. The summed E-state index contributed by atoms with van der Waals surface area (Å²) in [5, 5.41) is 0.809. The molecule has 1 aromatic carbocycles. The van der Waals surface area contributed by atoms with Crippen molar-refractivity contribution < 1.29 is 9.59 Å². The number of hydrogen-bond donors (Lipinski definition) is 0. The molecule has 0 spiro atoms. The summed E-state index contributed by atoms with van der Waals surface area (Å²) in [7, 11) is 0. The molecule has 1 atom stereocenters. The SMILES string of the molecule is CC(=O)SC1CC(=O)N(c2ncc(-c3ccccc3)s2)C1. The molecule has 1 aliphatic heterocycles. The van der Waals surface area contributed by atoms with Gasteiger partial charge in [0.1, 0.15) is 0 Å². The summed E-state index contributed by atoms with van der Waals surface area (Å²) in [6.07, 6.45) is 2.21. The maximum Gasteiger partial charge on any atom is 0.230 e. The first-order chi connectivity index (χ1) is 10.1. The first kappa shape index (κ1) is 14.3. The molecule has 21 heavy (non-hydrogen) atoms. The fourth-order valence-electron chi connectivity index (χ4n) is 2.30. The summed E-state index contributed by atoms with van der Waals surface area (Å²) >= 11 is 2.75. The zero-order valence-corrected chi connectivity index (χ0v) is 13.1. The fraction of sp³-hybridized carbons (Fsp3) is 0.267. The molecule has 1 aromatic heterocycles. The Morgan fingerprint density at radius 3 is 2.86 bits per heavy atom. The van der Waals surface area contributed by atoms with Crippen molar-refractivity contribution in [2.75, 3.05) is 11.4 Å². The lowest BCUT2D eigenvalue weighted by Crippen LogP contribution is -2.24. The predicted octanol–water partition coefficient (Wildman–Crippen LogP) is 3.20. The van der Waals surface area contributed by atoms with Gasteiger partial charge >= 0.3 is 0 Å². The molecule has 1 saturated heterocycles. The number of carbonyl (C=O) groups is 2. The molecular formula is C15H14N2O2S2. The minimum absolute atomic E-state index is 0.0408. The molecule has 0 bridgehead atoms. The second-order valence-electron chi connectivity index (χ2n) is 4.81. The van der Waals surface area contributed by atoms with Crippen LogP contribution < -0.4 is 4.90 Å². The van der Waals surface area contributed by atoms with Crippen LogP contribution in [0.3, 0.4) is 0 Å². The average Bonchev–Trinajstić information content (AvgIpc) is 3.06. The number of benzene rings is 1. The van der Waals surface area contributed by atoms with Crippen LogP contribution in [0.25, 0.3) is 10.4 Å². The van der Waals surface area contributed by atoms with E-state index in [1.54, 1.807) is 11.1 Å². The number of aromatic nitrogens is 1. The molecule has 2 aromatic rings. The lowest BCUT2D eigenvalue weighted by molar-refractivity contribution is -0.117. The van der Waals surface area contributed by atoms with Crippen molar-refractivity contribution in [1.82, 2.24) is 4.98 Å². The number of carbonyl (C=O) groups excluding carboxylic acids is 2. The summed E-state index contributed by atoms with van der Waals surface area (Å²) < 4.78 is 0. The molecule has 1 fully saturated rings. The van der Waals surface area contributed by atoms with Gasteiger partial charge in [-0.1, -0.05) is 53.4 Å². The zero-order valence-electron chi connectivity index (χ0n) is 11.5. The molecule has 1 aliphatic rings. The van der Waals surface area contributed by atoms with Gasteiger partial charge in [0.25, 0.3) is 0 Å². The van der Waals surface area contributed by atoms with Crippen LogP contribution in [0.2, 0.25) is 0 Å². The van der Waals surface area contributed by atoms with E-state index in [1.807, 2.05) is 30.3 Å². The lowest BCUT2D eigenvalue weighted by Gasteiger charge is -2.11. The second kappa shape index (κ2) is 5.99. The van der Waals surface area contributed by atoms with E-state index in [2.05, 4.69) is 4.98 Å². The third-order valence-corrected chi connectivity index (χ3v) is 5.26. The molecule has 0 aliphatic carbocycles. The van der Waals surface area contributed by atoms with Crippen LogP contribution in [0.4, 0.5) is 5.13 Å². The highest BCUT2D eigenvalue weighted by Gasteiger charge is 2.33. The molecule has 1 amide bonds. The van der Waals surface area contributed by atoms with Gasteiger partial charge < -0.3 is 0 Å². The van der Waals surface area contributed by atoms with Gasteiger partial charge in [-0.2, -0.15) is 0 Å². The molecule has 0 saturated carbocycles. The number of nitrogens with zero attached hydrogens (tertiary/aromatic N) is 2. The van der Waals surface area contributed by atoms with Crippen LogP contribution in [0.1, 0.15) is 13.3 Å². The Hall–Kier alpha value is -1.66. The molecule has 6 heteroatoms.